The molecule has 0 unspecified atom stereocenters. The van der Waals surface area contributed by atoms with Crippen molar-refractivity contribution in [3.05, 3.63) is 89.6 Å². The molecule has 10 heteroatoms. The Morgan fingerprint density at radius 2 is 1.57 bits per heavy atom. The predicted molar refractivity (Wildman–Crippen MR) is 176 cm³/mol. The quantitative estimate of drug-likeness (QED) is 0.139. The van der Waals surface area contributed by atoms with Crippen LogP contribution in [-0.4, -0.2) is 45.7 Å². The van der Waals surface area contributed by atoms with Gasteiger partial charge in [0.15, 0.2) is 0 Å². The van der Waals surface area contributed by atoms with E-state index in [0.29, 0.717) is 23.8 Å². The highest BCUT2D eigenvalue weighted by atomic mass is 35.5. The number of nitrogens with one attached hydrogen (secondary N) is 1. The lowest BCUT2D eigenvalue weighted by Gasteiger charge is -2.19. The van der Waals surface area contributed by atoms with Crippen molar-refractivity contribution < 1.29 is 23.8 Å². The molecule has 1 N–H and O–H groups in total. The number of halogens is 2. The van der Waals surface area contributed by atoms with Crippen LogP contribution in [0.2, 0.25) is 0 Å². The van der Waals surface area contributed by atoms with Crippen molar-refractivity contribution in [3.8, 4) is 34.2 Å². The lowest BCUT2D eigenvalue weighted by Crippen LogP contribution is -2.29. The molecular weight excluding hydrogens is 601 g/mol. The monoisotopic (exact) mass is 639 g/mol. The maximum atomic E-state index is 12.6. The van der Waals surface area contributed by atoms with Gasteiger partial charge in [0.25, 0.3) is 5.91 Å². The standard InChI is InChI=1S/C33H37N3O5.CH2Cl2/c1-7-39-29-17-10-23(3)20-28(29)36-21-27(24-11-8-22(2)9-12-24)32(35-36)40-26-15-13-25(14-16-26)31(38)34-19-18-30(37)41-33(4,5)6;2-1-3/h8-17,20-21H,7,18-19H2,1-6H3,(H,34,38);1H2. The molecule has 0 saturated heterocycles. The highest BCUT2D eigenvalue weighted by molar-refractivity contribution is 6.40. The van der Waals surface area contributed by atoms with Crippen LogP contribution in [0.5, 0.6) is 17.4 Å². The molecule has 0 aliphatic carbocycles. The summed E-state index contributed by atoms with van der Waals surface area (Å²) in [6.45, 7) is 12.2. The van der Waals surface area contributed by atoms with E-state index < -0.39 is 5.60 Å². The van der Waals surface area contributed by atoms with Crippen LogP contribution in [0.15, 0.2) is 72.9 Å². The van der Waals surface area contributed by atoms with E-state index in [-0.39, 0.29) is 30.2 Å². The number of alkyl halides is 2. The van der Waals surface area contributed by atoms with E-state index in [9.17, 15) is 9.59 Å². The van der Waals surface area contributed by atoms with Crippen LogP contribution >= 0.6 is 23.2 Å². The summed E-state index contributed by atoms with van der Waals surface area (Å²) in [5.41, 5.74) is 4.72. The average molecular weight is 641 g/mol. The van der Waals surface area contributed by atoms with E-state index in [2.05, 4.69) is 5.32 Å². The van der Waals surface area contributed by atoms with E-state index in [4.69, 9.17) is 42.5 Å². The molecule has 0 radical (unpaired) electrons. The smallest absolute Gasteiger partial charge is 0.308 e. The van der Waals surface area contributed by atoms with Gasteiger partial charge in [0.2, 0.25) is 5.88 Å². The number of benzene rings is 3. The molecule has 0 saturated carbocycles. The number of hydrogen-bond acceptors (Lipinski definition) is 6. The minimum Gasteiger partial charge on any atom is -0.492 e. The summed E-state index contributed by atoms with van der Waals surface area (Å²) in [6, 6.07) is 20.9. The molecule has 1 heterocycles. The number of carbonyl (C=O) groups is 2. The van der Waals surface area contributed by atoms with Crippen molar-refractivity contribution in [2.45, 2.75) is 53.6 Å². The Balaban J connectivity index is 0.00000169. The maximum Gasteiger partial charge on any atom is 0.308 e. The molecular formula is C34H39Cl2N3O5. The Morgan fingerprint density at radius 1 is 0.932 bits per heavy atom. The van der Waals surface area contributed by atoms with Crippen molar-refractivity contribution in [2.75, 3.05) is 18.5 Å². The molecule has 0 aliphatic rings. The van der Waals surface area contributed by atoms with Crippen LogP contribution in [0.1, 0.15) is 55.6 Å². The number of hydrogen-bond donors (Lipinski definition) is 1. The zero-order valence-corrected chi connectivity index (χ0v) is 27.5. The van der Waals surface area contributed by atoms with E-state index in [1.54, 1.807) is 28.9 Å². The Hall–Kier alpha value is -4.01. The first-order valence-corrected chi connectivity index (χ1v) is 15.3. The third-order valence-corrected chi connectivity index (χ3v) is 6.07. The summed E-state index contributed by atoms with van der Waals surface area (Å²) < 4.78 is 19.2. The second kappa shape index (κ2) is 16.2. The first-order valence-electron chi connectivity index (χ1n) is 14.2. The Kier molecular flexibility index (Phi) is 12.7. The maximum absolute atomic E-state index is 12.6. The molecule has 0 spiro atoms. The molecule has 0 atom stereocenters. The summed E-state index contributed by atoms with van der Waals surface area (Å²) in [5, 5.41) is 7.74. The Morgan fingerprint density at radius 3 is 2.18 bits per heavy atom. The number of ether oxygens (including phenoxy) is 3. The van der Waals surface area contributed by atoms with Gasteiger partial charge in [0, 0.05) is 18.3 Å². The molecule has 1 aromatic heterocycles. The SMILES string of the molecule is CCOc1ccc(C)cc1-n1cc(-c2ccc(C)cc2)c(Oc2ccc(C(=O)NCCC(=O)OC(C)(C)C)cc2)n1.ClCCl. The number of aromatic nitrogens is 2. The van der Waals surface area contributed by atoms with Gasteiger partial charge in [-0.3, -0.25) is 9.59 Å². The van der Waals surface area contributed by atoms with Gasteiger partial charge in [0.05, 0.1) is 23.9 Å². The van der Waals surface area contributed by atoms with Crippen LogP contribution in [-0.2, 0) is 9.53 Å². The van der Waals surface area contributed by atoms with Gasteiger partial charge >= 0.3 is 5.97 Å². The molecule has 4 rings (SSSR count). The fourth-order valence-corrected chi connectivity index (χ4v) is 4.13. The Bertz CT molecular complexity index is 1530. The number of nitrogens with zero attached hydrogens (tertiary/aromatic N) is 2. The minimum absolute atomic E-state index is 0.0978. The third-order valence-electron chi connectivity index (χ3n) is 6.07. The summed E-state index contributed by atoms with van der Waals surface area (Å²) in [4.78, 5) is 24.5. The van der Waals surface area contributed by atoms with Crippen molar-refractivity contribution in [2.24, 2.45) is 0 Å². The summed E-state index contributed by atoms with van der Waals surface area (Å²) in [5.74, 6) is 1.04. The highest BCUT2D eigenvalue weighted by Gasteiger charge is 2.18. The summed E-state index contributed by atoms with van der Waals surface area (Å²) in [7, 11) is 0. The zero-order chi connectivity index (χ0) is 32.3. The van der Waals surface area contributed by atoms with Crippen molar-refractivity contribution in [1.82, 2.24) is 15.1 Å². The molecule has 1 amide bonds. The van der Waals surface area contributed by atoms with E-state index in [1.807, 2.05) is 90.2 Å². The zero-order valence-electron chi connectivity index (χ0n) is 25.9. The van der Waals surface area contributed by atoms with Gasteiger partial charge < -0.3 is 19.5 Å². The van der Waals surface area contributed by atoms with E-state index in [1.165, 1.54) is 0 Å². The van der Waals surface area contributed by atoms with Gasteiger partial charge in [0.1, 0.15) is 22.8 Å². The molecule has 3 aromatic carbocycles. The predicted octanol–water partition coefficient (Wildman–Crippen LogP) is 8.23. The van der Waals surface area contributed by atoms with Crippen molar-refractivity contribution in [1.29, 1.82) is 0 Å². The number of esters is 1. The van der Waals surface area contributed by atoms with Gasteiger partial charge in [-0.05, 0) is 89.1 Å². The van der Waals surface area contributed by atoms with Crippen LogP contribution < -0.4 is 14.8 Å². The normalized spacial score (nSPS) is 10.8. The minimum atomic E-state index is -0.558. The van der Waals surface area contributed by atoms with Gasteiger partial charge in [-0.1, -0.05) is 35.9 Å². The largest absolute Gasteiger partial charge is 0.492 e. The van der Waals surface area contributed by atoms with Crippen LogP contribution in [0, 0.1) is 13.8 Å². The fourth-order valence-electron chi connectivity index (χ4n) is 4.13. The molecule has 0 aliphatic heterocycles. The number of amides is 1. The van der Waals surface area contributed by atoms with Gasteiger partial charge in [-0.15, -0.1) is 28.3 Å². The molecule has 44 heavy (non-hydrogen) atoms. The number of carbonyl (C=O) groups excluding carboxylic acids is 2. The molecule has 8 nitrogen and oxygen atoms in total. The van der Waals surface area contributed by atoms with Crippen LogP contribution in [0.25, 0.3) is 16.8 Å². The molecule has 0 fully saturated rings. The fraction of sp³-hybridized carbons (Fsp3) is 0.324. The average Bonchev–Trinajstić information content (AvgIpc) is 3.37. The van der Waals surface area contributed by atoms with Gasteiger partial charge in [-0.25, -0.2) is 4.68 Å². The van der Waals surface area contributed by atoms with E-state index in [0.717, 1.165) is 33.7 Å². The topological polar surface area (TPSA) is 91.7 Å². The van der Waals surface area contributed by atoms with Crippen LogP contribution in [0.3, 0.4) is 0 Å². The highest BCUT2D eigenvalue weighted by Crippen LogP contribution is 2.35. The lowest BCUT2D eigenvalue weighted by atomic mass is 10.1. The second-order valence-electron chi connectivity index (χ2n) is 10.9. The first kappa shape index (κ1) is 34.5. The molecule has 234 valence electrons. The van der Waals surface area contributed by atoms with Crippen molar-refractivity contribution >= 4 is 35.1 Å². The molecule has 0 bridgehead atoms. The van der Waals surface area contributed by atoms with E-state index >= 15 is 0 Å². The number of rotatable bonds is 10. The third kappa shape index (κ3) is 10.3. The van der Waals surface area contributed by atoms with Crippen LogP contribution in [0.4, 0.5) is 0 Å². The summed E-state index contributed by atoms with van der Waals surface area (Å²) in [6.07, 6.45) is 2.03. The molecule has 4 aromatic rings. The first-order chi connectivity index (χ1) is 20.9. The number of aryl methyl sites for hydroxylation is 2. The van der Waals surface area contributed by atoms with Gasteiger partial charge in [-0.2, -0.15) is 0 Å². The summed E-state index contributed by atoms with van der Waals surface area (Å²) >= 11 is 9.53. The van der Waals surface area contributed by atoms with Crippen molar-refractivity contribution in [3.63, 3.8) is 0 Å². The Labute approximate surface area is 269 Å². The second-order valence-corrected chi connectivity index (χ2v) is 11.7. The lowest BCUT2D eigenvalue weighted by molar-refractivity contribution is -0.154.